The quantitative estimate of drug-likeness (QED) is 0.823. The van der Waals surface area contributed by atoms with Gasteiger partial charge in [-0.1, -0.05) is 35.9 Å². The van der Waals surface area contributed by atoms with Crippen molar-refractivity contribution in [2.24, 2.45) is 5.73 Å². The van der Waals surface area contributed by atoms with Gasteiger partial charge in [-0.25, -0.2) is 0 Å². The maximum atomic E-state index is 5.72. The smallest absolute Gasteiger partial charge is 0.0442 e. The Balaban J connectivity index is 2.47. The van der Waals surface area contributed by atoms with Gasteiger partial charge in [0.15, 0.2) is 0 Å². The highest BCUT2D eigenvalue weighted by Gasteiger charge is 2.06. The molecule has 0 radical (unpaired) electrons. The molecule has 0 amide bonds. The summed E-state index contributed by atoms with van der Waals surface area (Å²) in [6.45, 7) is 2.73. The Morgan fingerprint density at radius 3 is 2.50 bits per heavy atom. The van der Waals surface area contributed by atoms with E-state index in [9.17, 15) is 0 Å². The maximum Gasteiger partial charge on any atom is 0.0442 e. The summed E-state index contributed by atoms with van der Waals surface area (Å²) < 4.78 is 0. The fraction of sp³-hybridized carbons (Fsp3) is 0.286. The zero-order valence-electron chi connectivity index (χ0n) is 9.83. The molecule has 84 valence electrons. The number of nitrogens with one attached hydrogen (secondary N) is 1. The van der Waals surface area contributed by atoms with Crippen molar-refractivity contribution in [1.29, 1.82) is 0 Å². The highest BCUT2D eigenvalue weighted by atomic mass is 14.9. The lowest BCUT2D eigenvalue weighted by Crippen LogP contribution is -2.24. The van der Waals surface area contributed by atoms with Crippen LogP contribution in [0.25, 0.3) is 10.8 Å². The van der Waals surface area contributed by atoms with Gasteiger partial charge in [-0.15, -0.1) is 0 Å². The molecule has 2 rings (SSSR count). The van der Waals surface area contributed by atoms with Gasteiger partial charge in [0, 0.05) is 12.6 Å². The molecule has 16 heavy (non-hydrogen) atoms. The van der Waals surface area contributed by atoms with E-state index in [4.69, 9.17) is 5.73 Å². The molecule has 0 bridgehead atoms. The number of fused-ring (bicyclic) bond motifs is 1. The van der Waals surface area contributed by atoms with Crippen LogP contribution >= 0.6 is 0 Å². The first-order chi connectivity index (χ1) is 7.74. The first-order valence-corrected chi connectivity index (χ1v) is 5.62. The zero-order chi connectivity index (χ0) is 11.5. The zero-order valence-corrected chi connectivity index (χ0v) is 9.83. The van der Waals surface area contributed by atoms with E-state index in [1.165, 1.54) is 21.9 Å². The Morgan fingerprint density at radius 1 is 1.12 bits per heavy atom. The van der Waals surface area contributed by atoms with E-state index in [2.05, 4.69) is 48.6 Å². The summed E-state index contributed by atoms with van der Waals surface area (Å²) in [4.78, 5) is 0. The van der Waals surface area contributed by atoms with Gasteiger partial charge in [-0.3, -0.25) is 0 Å². The molecule has 0 heterocycles. The Bertz CT molecular complexity index is 487. The van der Waals surface area contributed by atoms with Gasteiger partial charge in [-0.05, 0) is 36.4 Å². The minimum Gasteiger partial charge on any atom is -0.329 e. The molecule has 0 aliphatic heterocycles. The topological polar surface area (TPSA) is 38.0 Å². The van der Waals surface area contributed by atoms with Crippen molar-refractivity contribution in [3.8, 4) is 0 Å². The molecule has 0 fully saturated rings. The summed E-state index contributed by atoms with van der Waals surface area (Å²) in [6.07, 6.45) is 0. The van der Waals surface area contributed by atoms with E-state index >= 15 is 0 Å². The summed E-state index contributed by atoms with van der Waals surface area (Å²) in [5.41, 5.74) is 8.27. The van der Waals surface area contributed by atoms with Crippen molar-refractivity contribution in [2.45, 2.75) is 13.0 Å². The number of rotatable bonds is 3. The standard InChI is InChI=1S/C14H18N2/c1-10-3-4-12-8-13(14(9-15)16-2)6-5-11(12)7-10/h3-8,14,16H,9,15H2,1-2H3. The Labute approximate surface area is 96.5 Å². The van der Waals surface area contributed by atoms with E-state index < -0.39 is 0 Å². The van der Waals surface area contributed by atoms with Crippen molar-refractivity contribution in [1.82, 2.24) is 5.32 Å². The van der Waals surface area contributed by atoms with Crippen LogP contribution in [0.15, 0.2) is 36.4 Å². The second-order valence-corrected chi connectivity index (χ2v) is 4.19. The minimum absolute atomic E-state index is 0.241. The van der Waals surface area contributed by atoms with Gasteiger partial charge in [0.05, 0.1) is 0 Å². The van der Waals surface area contributed by atoms with Gasteiger partial charge in [0.1, 0.15) is 0 Å². The highest BCUT2D eigenvalue weighted by Crippen LogP contribution is 2.21. The summed E-state index contributed by atoms with van der Waals surface area (Å²) in [7, 11) is 1.94. The molecule has 0 spiro atoms. The number of nitrogens with two attached hydrogens (primary N) is 1. The van der Waals surface area contributed by atoms with Crippen LogP contribution in [-0.2, 0) is 0 Å². The molecular weight excluding hydrogens is 196 g/mol. The number of aryl methyl sites for hydroxylation is 1. The molecule has 0 saturated heterocycles. The van der Waals surface area contributed by atoms with E-state index in [1.807, 2.05) is 7.05 Å². The maximum absolute atomic E-state index is 5.72. The third kappa shape index (κ3) is 2.08. The number of likely N-dealkylation sites (N-methyl/N-ethyl adjacent to an activating group) is 1. The summed E-state index contributed by atoms with van der Waals surface area (Å²) in [5, 5.41) is 5.78. The molecule has 0 aromatic heterocycles. The van der Waals surface area contributed by atoms with Crippen LogP contribution in [0.1, 0.15) is 17.2 Å². The fourth-order valence-corrected chi connectivity index (χ4v) is 2.02. The number of benzene rings is 2. The monoisotopic (exact) mass is 214 g/mol. The molecular formula is C14H18N2. The summed E-state index contributed by atoms with van der Waals surface area (Å²) >= 11 is 0. The van der Waals surface area contributed by atoms with Crippen LogP contribution in [0.3, 0.4) is 0 Å². The molecule has 0 aliphatic carbocycles. The third-order valence-electron chi connectivity index (χ3n) is 3.01. The molecule has 2 heteroatoms. The molecule has 3 N–H and O–H groups in total. The van der Waals surface area contributed by atoms with Crippen molar-refractivity contribution >= 4 is 10.8 Å². The van der Waals surface area contributed by atoms with E-state index in [0.29, 0.717) is 6.54 Å². The van der Waals surface area contributed by atoms with E-state index in [0.717, 1.165) is 0 Å². The SMILES string of the molecule is CNC(CN)c1ccc2cc(C)ccc2c1. The minimum atomic E-state index is 0.241. The van der Waals surface area contributed by atoms with Crippen LogP contribution < -0.4 is 11.1 Å². The second-order valence-electron chi connectivity index (χ2n) is 4.19. The lowest BCUT2D eigenvalue weighted by atomic mass is 10.0. The van der Waals surface area contributed by atoms with Crippen molar-refractivity contribution < 1.29 is 0 Å². The van der Waals surface area contributed by atoms with Gasteiger partial charge >= 0.3 is 0 Å². The first-order valence-electron chi connectivity index (χ1n) is 5.62. The van der Waals surface area contributed by atoms with Crippen LogP contribution in [0.5, 0.6) is 0 Å². The second kappa shape index (κ2) is 4.64. The van der Waals surface area contributed by atoms with E-state index in [-0.39, 0.29) is 6.04 Å². The number of hydrogen-bond acceptors (Lipinski definition) is 2. The lowest BCUT2D eigenvalue weighted by Gasteiger charge is -2.14. The predicted octanol–water partition coefficient (Wildman–Crippen LogP) is 2.37. The van der Waals surface area contributed by atoms with Crippen LogP contribution in [0.2, 0.25) is 0 Å². The van der Waals surface area contributed by atoms with Crippen LogP contribution in [0.4, 0.5) is 0 Å². The number of hydrogen-bond donors (Lipinski definition) is 2. The molecule has 1 unspecified atom stereocenters. The predicted molar refractivity (Wildman–Crippen MR) is 69.5 cm³/mol. The molecule has 2 nitrogen and oxygen atoms in total. The van der Waals surface area contributed by atoms with Gasteiger partial charge in [-0.2, -0.15) is 0 Å². The molecule has 2 aromatic carbocycles. The third-order valence-corrected chi connectivity index (χ3v) is 3.01. The largest absolute Gasteiger partial charge is 0.329 e. The average Bonchev–Trinajstić information content (AvgIpc) is 2.31. The van der Waals surface area contributed by atoms with Gasteiger partial charge < -0.3 is 11.1 Å². The van der Waals surface area contributed by atoms with Crippen molar-refractivity contribution in [3.63, 3.8) is 0 Å². The molecule has 1 atom stereocenters. The van der Waals surface area contributed by atoms with Gasteiger partial charge in [0.25, 0.3) is 0 Å². The molecule has 0 saturated carbocycles. The van der Waals surface area contributed by atoms with Gasteiger partial charge in [0.2, 0.25) is 0 Å². The van der Waals surface area contributed by atoms with Crippen molar-refractivity contribution in [3.05, 3.63) is 47.5 Å². The summed E-state index contributed by atoms with van der Waals surface area (Å²) in [5.74, 6) is 0. The van der Waals surface area contributed by atoms with Crippen molar-refractivity contribution in [2.75, 3.05) is 13.6 Å². The average molecular weight is 214 g/mol. The van der Waals surface area contributed by atoms with E-state index in [1.54, 1.807) is 0 Å². The first kappa shape index (κ1) is 11.1. The Hall–Kier alpha value is -1.38. The summed E-state index contributed by atoms with van der Waals surface area (Å²) in [6, 6.07) is 13.3. The molecule has 2 aromatic rings. The fourth-order valence-electron chi connectivity index (χ4n) is 2.02. The Kier molecular flexibility index (Phi) is 3.22. The highest BCUT2D eigenvalue weighted by molar-refractivity contribution is 5.83. The normalized spacial score (nSPS) is 12.9. The molecule has 0 aliphatic rings. The van der Waals surface area contributed by atoms with Crippen LogP contribution in [-0.4, -0.2) is 13.6 Å². The lowest BCUT2D eigenvalue weighted by molar-refractivity contribution is 0.606. The Morgan fingerprint density at radius 2 is 1.81 bits per heavy atom. The van der Waals surface area contributed by atoms with Crippen LogP contribution in [0, 0.1) is 6.92 Å².